The topological polar surface area (TPSA) is 197 Å². The maximum atomic E-state index is 14.7. The number of piperidine rings is 1. The van der Waals surface area contributed by atoms with Crippen LogP contribution < -0.4 is 29.3 Å². The molecule has 3 aromatic heterocycles. The van der Waals surface area contributed by atoms with E-state index in [2.05, 4.69) is 61.0 Å². The second kappa shape index (κ2) is 17.0. The van der Waals surface area contributed by atoms with Crippen molar-refractivity contribution in [3.8, 4) is 11.6 Å². The molecule has 0 radical (unpaired) electrons. The number of hydrogen-bond acceptors (Lipinski definition) is 14. The number of ether oxygens (including phenoxy) is 3. The molecule has 6 aromatic rings. The molecule has 69 heavy (non-hydrogen) atoms. The summed E-state index contributed by atoms with van der Waals surface area (Å²) >= 11 is 0. The summed E-state index contributed by atoms with van der Waals surface area (Å²) in [4.78, 5) is 45.5. The second-order valence-corrected chi connectivity index (χ2v) is 21.2. The quantitative estimate of drug-likeness (QED) is 0.0897. The van der Waals surface area contributed by atoms with E-state index in [1.54, 1.807) is 24.5 Å². The molecule has 4 atom stereocenters. The molecule has 8 heterocycles. The summed E-state index contributed by atoms with van der Waals surface area (Å²) in [6.45, 7) is 5.75. The lowest BCUT2D eigenvalue weighted by atomic mass is 9.59. The van der Waals surface area contributed by atoms with E-state index in [9.17, 15) is 23.3 Å². The number of anilines is 4. The molecule has 12 rings (SSSR count). The first-order valence-electron chi connectivity index (χ1n) is 23.9. The standard InChI is InChI=1S/C51H53N9O8S/c1-31-7-2-3-9-38(31)40-10-6-18-58(40)36-26-51(27-36)14-19-57(20-15-51)35-11-12-39(41(23-35)59-43-21-32-13-17-53-48(32)55-50(43)68-46-30-66-29-44(46)59)49(61)56-69(64,65)37-24-42(60(62)63)47-45(25-37)67-28-34(54-47)22-33-8-4-5-16-52-33/h2-5,7-9,11-13,16-17,21,23-25,34,36,40,44,46,54H,6,10,14-15,18-20,22,26-30H2,1H3,(H,53,55)(H,56,61)/t34-,40+,44-,46-/m1/s1. The van der Waals surface area contributed by atoms with Crippen LogP contribution in [-0.2, 0) is 21.2 Å². The van der Waals surface area contributed by atoms with Gasteiger partial charge in [-0.25, -0.2) is 13.1 Å². The maximum Gasteiger partial charge on any atom is 0.297 e. The van der Waals surface area contributed by atoms with E-state index in [-0.39, 0.29) is 41.1 Å². The fourth-order valence-corrected chi connectivity index (χ4v) is 12.9. The van der Waals surface area contributed by atoms with Crippen molar-refractivity contribution in [2.24, 2.45) is 5.41 Å². The third-order valence-corrected chi connectivity index (χ3v) is 16.7. The minimum absolute atomic E-state index is 0.0108. The molecule has 3 aromatic carbocycles. The number of sulfonamides is 1. The fourth-order valence-electron chi connectivity index (χ4n) is 11.9. The lowest BCUT2D eigenvalue weighted by molar-refractivity contribution is -0.384. The van der Waals surface area contributed by atoms with Crippen LogP contribution in [0.3, 0.4) is 0 Å². The number of carbonyl (C=O) groups is 1. The fraction of sp³-hybridized carbons (Fsp3) is 0.392. The van der Waals surface area contributed by atoms with Gasteiger partial charge in [-0.2, -0.15) is 4.98 Å². The summed E-state index contributed by atoms with van der Waals surface area (Å²) in [5, 5.41) is 16.5. The van der Waals surface area contributed by atoms with Crippen LogP contribution in [0.1, 0.15) is 71.7 Å². The monoisotopic (exact) mass is 951 g/mol. The van der Waals surface area contributed by atoms with Crippen molar-refractivity contribution < 1.29 is 32.3 Å². The van der Waals surface area contributed by atoms with Gasteiger partial charge in [0.2, 0.25) is 5.88 Å². The van der Waals surface area contributed by atoms with Gasteiger partial charge in [0.15, 0.2) is 11.4 Å². The number of carbonyl (C=O) groups excluding carboxylic acids is 1. The van der Waals surface area contributed by atoms with Crippen LogP contribution in [0.5, 0.6) is 11.6 Å². The van der Waals surface area contributed by atoms with Crippen molar-refractivity contribution in [2.75, 3.05) is 54.6 Å². The van der Waals surface area contributed by atoms with E-state index in [0.717, 1.165) is 55.3 Å². The molecule has 6 aliphatic rings. The number of rotatable bonds is 10. The van der Waals surface area contributed by atoms with Gasteiger partial charge in [-0.1, -0.05) is 30.3 Å². The van der Waals surface area contributed by atoms with Crippen molar-refractivity contribution in [2.45, 2.75) is 87.0 Å². The van der Waals surface area contributed by atoms with E-state index in [4.69, 9.17) is 19.2 Å². The Morgan fingerprint density at radius 1 is 0.971 bits per heavy atom. The molecule has 17 nitrogen and oxygen atoms in total. The average molecular weight is 952 g/mol. The SMILES string of the molecule is Cc1ccccc1[C@@H]1CCCN1C1CC2(CCN(c3ccc(C(=O)NS(=O)(=O)c4cc5c(c([N+](=O)[O-])c4)N[C@H](Cc4ccccn4)CO5)c(N4c5cc6cc[nH]c6nc5O[C@@H]5COC[C@H]54)c3)CC2)C1. The number of aromatic amines is 1. The van der Waals surface area contributed by atoms with Gasteiger partial charge in [0.25, 0.3) is 21.6 Å². The van der Waals surface area contributed by atoms with Gasteiger partial charge in [0.1, 0.15) is 24.0 Å². The number of nitro benzene ring substituents is 1. The number of nitrogens with zero attached hydrogens (tertiary/aromatic N) is 6. The molecule has 18 heteroatoms. The first-order chi connectivity index (χ1) is 33.5. The molecule has 3 saturated heterocycles. The third-order valence-electron chi connectivity index (χ3n) is 15.4. The van der Waals surface area contributed by atoms with Crippen molar-refractivity contribution >= 4 is 55.4 Å². The Hall–Kier alpha value is -6.76. The van der Waals surface area contributed by atoms with Crippen LogP contribution in [0.4, 0.5) is 28.4 Å². The number of benzene rings is 3. The number of likely N-dealkylation sites (tertiary alicyclic amines) is 1. The number of fused-ring (bicyclic) bond motifs is 4. The van der Waals surface area contributed by atoms with Crippen LogP contribution in [0.15, 0.2) is 102 Å². The van der Waals surface area contributed by atoms with Crippen LogP contribution >= 0.6 is 0 Å². The first-order valence-corrected chi connectivity index (χ1v) is 25.4. The van der Waals surface area contributed by atoms with Crippen molar-refractivity contribution in [1.29, 1.82) is 0 Å². The largest absolute Gasteiger partial charge is 0.489 e. The van der Waals surface area contributed by atoms with Crippen LogP contribution in [0.25, 0.3) is 11.0 Å². The molecule has 0 bridgehead atoms. The van der Waals surface area contributed by atoms with E-state index in [0.29, 0.717) is 54.6 Å². The van der Waals surface area contributed by atoms with Crippen LogP contribution in [0.2, 0.25) is 0 Å². The molecular weight excluding hydrogens is 899 g/mol. The highest BCUT2D eigenvalue weighted by Gasteiger charge is 2.50. The summed E-state index contributed by atoms with van der Waals surface area (Å²) in [5.74, 6) is -0.557. The molecule has 5 aliphatic heterocycles. The zero-order valence-corrected chi connectivity index (χ0v) is 39.0. The number of H-pyrrole nitrogens is 1. The van der Waals surface area contributed by atoms with Gasteiger partial charge < -0.3 is 34.3 Å². The minimum Gasteiger partial charge on any atom is -0.489 e. The Balaban J connectivity index is 0.835. The molecule has 1 amide bonds. The number of nitro groups is 1. The molecule has 4 fully saturated rings. The van der Waals surface area contributed by atoms with Gasteiger partial charge in [-0.05, 0) is 111 Å². The number of pyridine rings is 2. The first kappa shape index (κ1) is 43.5. The normalized spacial score (nSPS) is 23.0. The van der Waals surface area contributed by atoms with Gasteiger partial charge >= 0.3 is 0 Å². The van der Waals surface area contributed by atoms with Crippen molar-refractivity contribution in [3.63, 3.8) is 0 Å². The summed E-state index contributed by atoms with van der Waals surface area (Å²) < 4.78 is 49.2. The number of hydrogen-bond donors (Lipinski definition) is 3. The predicted octanol–water partition coefficient (Wildman–Crippen LogP) is 7.59. The highest BCUT2D eigenvalue weighted by Crippen LogP contribution is 2.54. The van der Waals surface area contributed by atoms with Gasteiger partial charge in [-0.15, -0.1) is 0 Å². The predicted molar refractivity (Wildman–Crippen MR) is 259 cm³/mol. The second-order valence-electron chi connectivity index (χ2n) is 19.5. The zero-order chi connectivity index (χ0) is 47.0. The van der Waals surface area contributed by atoms with E-state index in [1.807, 2.05) is 41.3 Å². The number of amides is 1. The number of aromatic nitrogens is 3. The van der Waals surface area contributed by atoms with Crippen LogP contribution in [0, 0.1) is 22.5 Å². The molecule has 0 unspecified atom stereocenters. The van der Waals surface area contributed by atoms with Gasteiger partial charge in [-0.3, -0.25) is 24.8 Å². The van der Waals surface area contributed by atoms with E-state index in [1.165, 1.54) is 42.9 Å². The summed E-state index contributed by atoms with van der Waals surface area (Å²) in [6.07, 6.45) is 10.4. The van der Waals surface area contributed by atoms with Crippen molar-refractivity contribution in [3.05, 3.63) is 130 Å². The lowest BCUT2D eigenvalue weighted by Gasteiger charge is -2.56. The Labute approximate surface area is 399 Å². The molecule has 1 saturated carbocycles. The van der Waals surface area contributed by atoms with Gasteiger partial charge in [0, 0.05) is 72.9 Å². The lowest BCUT2D eigenvalue weighted by Crippen LogP contribution is -2.55. The molecule has 1 aliphatic carbocycles. The highest BCUT2D eigenvalue weighted by atomic mass is 32.2. The Morgan fingerprint density at radius 2 is 1.81 bits per heavy atom. The number of nitrogens with one attached hydrogen (secondary N) is 3. The third kappa shape index (κ3) is 7.87. The average Bonchev–Trinajstić information content (AvgIpc) is 4.14. The molecule has 1 spiro atoms. The Morgan fingerprint density at radius 3 is 2.62 bits per heavy atom. The zero-order valence-electron chi connectivity index (χ0n) is 38.2. The minimum atomic E-state index is -4.70. The summed E-state index contributed by atoms with van der Waals surface area (Å²) in [6, 6.07) is 26.2. The van der Waals surface area contributed by atoms with Crippen LogP contribution in [-0.4, -0.2) is 103 Å². The maximum absolute atomic E-state index is 14.7. The summed E-state index contributed by atoms with van der Waals surface area (Å²) in [5.41, 5.74) is 6.15. The molecular formula is C51H53N9O8S. The van der Waals surface area contributed by atoms with E-state index < -0.39 is 37.5 Å². The number of aryl methyl sites for hydroxylation is 1. The Kier molecular flexibility index (Phi) is 10.7. The Bertz CT molecular complexity index is 3100. The summed E-state index contributed by atoms with van der Waals surface area (Å²) in [7, 11) is -4.70. The smallest absolute Gasteiger partial charge is 0.297 e. The van der Waals surface area contributed by atoms with E-state index >= 15 is 0 Å². The molecule has 3 N–H and O–H groups in total. The molecule has 356 valence electrons. The highest BCUT2D eigenvalue weighted by molar-refractivity contribution is 7.90. The van der Waals surface area contributed by atoms with Gasteiger partial charge in [0.05, 0.1) is 46.4 Å². The van der Waals surface area contributed by atoms with Crippen molar-refractivity contribution in [1.82, 2.24) is 24.6 Å².